The van der Waals surface area contributed by atoms with Gasteiger partial charge in [0.05, 0.1) is 19.6 Å². The van der Waals surface area contributed by atoms with Crippen LogP contribution in [0, 0.1) is 0 Å². The van der Waals surface area contributed by atoms with Gasteiger partial charge in [0.1, 0.15) is 17.8 Å². The summed E-state index contributed by atoms with van der Waals surface area (Å²) in [5.41, 5.74) is 1.53. The van der Waals surface area contributed by atoms with E-state index in [0.29, 0.717) is 23.1 Å². The molecule has 1 atom stereocenters. The van der Waals surface area contributed by atoms with Crippen molar-refractivity contribution in [3.8, 4) is 11.5 Å². The van der Waals surface area contributed by atoms with Gasteiger partial charge in [0, 0.05) is 11.8 Å². The monoisotopic (exact) mass is 393 g/mol. The molecule has 0 saturated heterocycles. The van der Waals surface area contributed by atoms with Crippen molar-refractivity contribution in [2.45, 2.75) is 12.5 Å². The van der Waals surface area contributed by atoms with E-state index in [-0.39, 0.29) is 30.9 Å². The largest absolute Gasteiger partial charge is 0.497 e. The number of rotatable bonds is 6. The minimum absolute atomic E-state index is 0.106. The molecular formula is C20H19N5O4. The first-order valence-corrected chi connectivity index (χ1v) is 8.98. The normalized spacial score (nSPS) is 15.2. The van der Waals surface area contributed by atoms with Gasteiger partial charge in [-0.05, 0) is 29.8 Å². The van der Waals surface area contributed by atoms with Crippen LogP contribution >= 0.6 is 0 Å². The Labute approximate surface area is 166 Å². The number of fused-ring (bicyclic) bond motifs is 1. The molecule has 148 valence electrons. The fourth-order valence-corrected chi connectivity index (χ4v) is 3.10. The van der Waals surface area contributed by atoms with Crippen molar-refractivity contribution in [2.24, 2.45) is 0 Å². The predicted molar refractivity (Wildman–Crippen MR) is 105 cm³/mol. The van der Waals surface area contributed by atoms with Crippen molar-refractivity contribution >= 4 is 23.5 Å². The molecule has 0 bridgehead atoms. The predicted octanol–water partition coefficient (Wildman–Crippen LogP) is 2.24. The highest BCUT2D eigenvalue weighted by molar-refractivity contribution is 5.92. The van der Waals surface area contributed by atoms with Gasteiger partial charge in [0.25, 0.3) is 5.91 Å². The average molecular weight is 393 g/mol. The van der Waals surface area contributed by atoms with Crippen LogP contribution in [-0.2, 0) is 9.59 Å². The summed E-state index contributed by atoms with van der Waals surface area (Å²) in [6, 6.07) is 14.1. The van der Waals surface area contributed by atoms with Crippen LogP contribution in [-0.4, -0.2) is 40.3 Å². The molecule has 1 aromatic heterocycles. The summed E-state index contributed by atoms with van der Waals surface area (Å²) in [5, 5.41) is 9.62. The van der Waals surface area contributed by atoms with E-state index in [4.69, 9.17) is 9.47 Å². The second-order valence-electron chi connectivity index (χ2n) is 6.43. The quantitative estimate of drug-likeness (QED) is 0.665. The van der Waals surface area contributed by atoms with E-state index in [1.54, 1.807) is 48.2 Å². The Kier molecular flexibility index (Phi) is 5.10. The summed E-state index contributed by atoms with van der Waals surface area (Å²) in [6.07, 6.45) is 1.69. The number of ether oxygens (including phenoxy) is 2. The van der Waals surface area contributed by atoms with Crippen LogP contribution in [0.15, 0.2) is 54.9 Å². The molecule has 29 heavy (non-hydrogen) atoms. The van der Waals surface area contributed by atoms with E-state index >= 15 is 0 Å². The van der Waals surface area contributed by atoms with E-state index < -0.39 is 0 Å². The zero-order valence-electron chi connectivity index (χ0n) is 15.7. The number of benzene rings is 2. The van der Waals surface area contributed by atoms with Crippen molar-refractivity contribution in [2.75, 3.05) is 24.4 Å². The summed E-state index contributed by atoms with van der Waals surface area (Å²) < 4.78 is 12.4. The van der Waals surface area contributed by atoms with Crippen LogP contribution in [0.1, 0.15) is 18.0 Å². The van der Waals surface area contributed by atoms with Gasteiger partial charge in [0.2, 0.25) is 11.9 Å². The number of hydrogen-bond donors (Lipinski definition) is 2. The molecule has 4 rings (SSSR count). The maximum absolute atomic E-state index is 12.1. The molecule has 0 radical (unpaired) electrons. The smallest absolute Gasteiger partial charge is 0.262 e. The Hall–Kier alpha value is -3.88. The third kappa shape index (κ3) is 4.18. The molecule has 2 heterocycles. The van der Waals surface area contributed by atoms with Crippen LogP contribution < -0.4 is 20.1 Å². The first kappa shape index (κ1) is 18.5. The highest BCUT2D eigenvalue weighted by Gasteiger charge is 2.27. The molecular weight excluding hydrogens is 374 g/mol. The lowest BCUT2D eigenvalue weighted by molar-refractivity contribution is -0.118. The zero-order chi connectivity index (χ0) is 20.2. The van der Waals surface area contributed by atoms with Crippen LogP contribution in [0.2, 0.25) is 0 Å². The molecule has 1 aliphatic heterocycles. The topological polar surface area (TPSA) is 107 Å². The van der Waals surface area contributed by atoms with Crippen LogP contribution in [0.3, 0.4) is 0 Å². The fraction of sp³-hybridized carbons (Fsp3) is 0.200. The fourth-order valence-electron chi connectivity index (χ4n) is 3.10. The number of hydrogen-bond acceptors (Lipinski definition) is 6. The van der Waals surface area contributed by atoms with Gasteiger partial charge in [-0.15, -0.1) is 0 Å². The maximum atomic E-state index is 12.1. The lowest BCUT2D eigenvalue weighted by atomic mass is 10.0. The molecule has 0 unspecified atom stereocenters. The summed E-state index contributed by atoms with van der Waals surface area (Å²) in [4.78, 5) is 28.0. The maximum Gasteiger partial charge on any atom is 0.262 e. The summed E-state index contributed by atoms with van der Waals surface area (Å²) in [7, 11) is 1.57. The number of anilines is 2. The third-order valence-electron chi connectivity index (χ3n) is 4.49. The third-order valence-corrected chi connectivity index (χ3v) is 4.49. The lowest BCUT2D eigenvalue weighted by Gasteiger charge is -2.23. The van der Waals surface area contributed by atoms with Crippen molar-refractivity contribution in [3.05, 3.63) is 60.4 Å². The van der Waals surface area contributed by atoms with E-state index in [0.717, 1.165) is 5.56 Å². The molecule has 2 N–H and O–H groups in total. The van der Waals surface area contributed by atoms with Crippen LogP contribution in [0.25, 0.3) is 0 Å². The van der Waals surface area contributed by atoms with E-state index in [1.807, 2.05) is 12.1 Å². The van der Waals surface area contributed by atoms with Gasteiger partial charge >= 0.3 is 0 Å². The highest BCUT2D eigenvalue weighted by Crippen LogP contribution is 2.29. The van der Waals surface area contributed by atoms with E-state index in [1.165, 1.54) is 6.33 Å². The van der Waals surface area contributed by atoms with Gasteiger partial charge in [-0.25, -0.2) is 4.68 Å². The number of amides is 2. The van der Waals surface area contributed by atoms with E-state index in [2.05, 4.69) is 20.7 Å². The molecule has 0 spiro atoms. The second-order valence-corrected chi connectivity index (χ2v) is 6.43. The molecule has 0 saturated carbocycles. The molecule has 9 heteroatoms. The molecule has 0 aliphatic carbocycles. The second kappa shape index (κ2) is 8.01. The highest BCUT2D eigenvalue weighted by atomic mass is 16.5. The first-order chi connectivity index (χ1) is 14.1. The minimum atomic E-state index is -0.279. The number of methoxy groups -OCH3 is 1. The number of aromatic nitrogens is 3. The van der Waals surface area contributed by atoms with Gasteiger partial charge < -0.3 is 14.8 Å². The van der Waals surface area contributed by atoms with Crippen LogP contribution in [0.4, 0.5) is 11.6 Å². The molecule has 0 fully saturated rings. The standard InChI is InChI=1S/C20H19N5O4/c1-28-16-4-2-3-14(9-16)23-19(27)11-29-15-7-5-13(6-8-15)17-10-18(26)24-20-21-12-22-25(17)20/h2-9,12,17H,10-11H2,1H3,(H,23,27)(H,21,22,24,26)/t17-/m0/s1. The van der Waals surface area contributed by atoms with Gasteiger partial charge in [0.15, 0.2) is 6.61 Å². The molecule has 9 nitrogen and oxygen atoms in total. The number of carbonyl (C=O) groups excluding carboxylic acids is 2. The summed E-state index contributed by atoms with van der Waals surface area (Å²) in [5.74, 6) is 1.25. The van der Waals surface area contributed by atoms with Crippen molar-refractivity contribution < 1.29 is 19.1 Å². The Bertz CT molecular complexity index is 1030. The first-order valence-electron chi connectivity index (χ1n) is 8.98. The SMILES string of the molecule is COc1cccc(NC(=O)COc2ccc([C@@H]3CC(=O)Nc4ncnn43)cc2)c1. The van der Waals surface area contributed by atoms with E-state index in [9.17, 15) is 9.59 Å². The summed E-state index contributed by atoms with van der Waals surface area (Å²) in [6.45, 7) is -0.129. The Morgan fingerprint density at radius 2 is 2.07 bits per heavy atom. The van der Waals surface area contributed by atoms with Gasteiger partial charge in [-0.1, -0.05) is 18.2 Å². The Morgan fingerprint density at radius 1 is 1.24 bits per heavy atom. The minimum Gasteiger partial charge on any atom is -0.497 e. The van der Waals surface area contributed by atoms with Crippen molar-refractivity contribution in [1.82, 2.24) is 14.8 Å². The van der Waals surface area contributed by atoms with Crippen molar-refractivity contribution in [1.29, 1.82) is 0 Å². The average Bonchev–Trinajstić information content (AvgIpc) is 3.20. The van der Waals surface area contributed by atoms with Gasteiger partial charge in [-0.2, -0.15) is 10.1 Å². The van der Waals surface area contributed by atoms with Gasteiger partial charge in [-0.3, -0.25) is 14.9 Å². The zero-order valence-corrected chi connectivity index (χ0v) is 15.7. The number of carbonyl (C=O) groups is 2. The summed E-state index contributed by atoms with van der Waals surface area (Å²) >= 11 is 0. The van der Waals surface area contributed by atoms with Crippen molar-refractivity contribution in [3.63, 3.8) is 0 Å². The number of nitrogens with one attached hydrogen (secondary N) is 2. The molecule has 2 amide bonds. The molecule has 3 aromatic rings. The molecule has 1 aliphatic rings. The lowest BCUT2D eigenvalue weighted by Crippen LogP contribution is -2.29. The van der Waals surface area contributed by atoms with Crippen LogP contribution in [0.5, 0.6) is 11.5 Å². The number of nitrogens with zero attached hydrogens (tertiary/aromatic N) is 3. The molecule has 2 aromatic carbocycles. The Balaban J connectivity index is 1.36. The Morgan fingerprint density at radius 3 is 2.86 bits per heavy atom.